The van der Waals surface area contributed by atoms with Crippen molar-refractivity contribution >= 4 is 5.97 Å². The standard InChI is InChI=1S/C12H18N4O2/c1-4-5-15(8-12(17)18)7-11-13-9-14-16(11)6-10(2)3/h1,9-10H,5-8H2,2-3H3,(H,17,18). The zero-order valence-electron chi connectivity index (χ0n) is 10.7. The highest BCUT2D eigenvalue weighted by atomic mass is 16.4. The predicted molar refractivity (Wildman–Crippen MR) is 66.6 cm³/mol. The van der Waals surface area contributed by atoms with E-state index in [4.69, 9.17) is 11.5 Å². The molecule has 0 spiro atoms. The van der Waals surface area contributed by atoms with E-state index in [0.29, 0.717) is 12.5 Å². The molecule has 0 saturated carbocycles. The number of carboxylic acids is 1. The fourth-order valence-electron chi connectivity index (χ4n) is 1.60. The average molecular weight is 250 g/mol. The average Bonchev–Trinajstić information content (AvgIpc) is 2.64. The van der Waals surface area contributed by atoms with Gasteiger partial charge in [-0.3, -0.25) is 9.69 Å². The Morgan fingerprint density at radius 3 is 2.94 bits per heavy atom. The van der Waals surface area contributed by atoms with E-state index in [1.54, 1.807) is 9.58 Å². The Kier molecular flexibility index (Phi) is 5.33. The van der Waals surface area contributed by atoms with E-state index in [1.165, 1.54) is 6.33 Å². The summed E-state index contributed by atoms with van der Waals surface area (Å²) >= 11 is 0. The number of aromatic nitrogens is 3. The molecule has 1 N–H and O–H groups in total. The third kappa shape index (κ3) is 4.55. The Morgan fingerprint density at radius 1 is 1.67 bits per heavy atom. The van der Waals surface area contributed by atoms with Gasteiger partial charge in [0.15, 0.2) is 0 Å². The largest absolute Gasteiger partial charge is 0.480 e. The second kappa shape index (κ2) is 6.77. The molecule has 6 heteroatoms. The molecule has 0 aromatic carbocycles. The topological polar surface area (TPSA) is 71.2 Å². The first-order chi connectivity index (χ1) is 8.52. The smallest absolute Gasteiger partial charge is 0.317 e. The summed E-state index contributed by atoms with van der Waals surface area (Å²) in [5.74, 6) is 2.73. The zero-order chi connectivity index (χ0) is 13.5. The fraction of sp³-hybridized carbons (Fsp3) is 0.583. The summed E-state index contributed by atoms with van der Waals surface area (Å²) in [5, 5.41) is 12.9. The molecule has 0 unspecified atom stereocenters. The van der Waals surface area contributed by atoms with Crippen LogP contribution in [-0.2, 0) is 17.9 Å². The molecule has 1 aromatic rings. The van der Waals surface area contributed by atoms with E-state index in [2.05, 4.69) is 29.9 Å². The van der Waals surface area contributed by atoms with Crippen LogP contribution in [0.2, 0.25) is 0 Å². The molecular weight excluding hydrogens is 232 g/mol. The van der Waals surface area contributed by atoms with E-state index in [-0.39, 0.29) is 13.1 Å². The Balaban J connectivity index is 2.71. The van der Waals surface area contributed by atoms with Crippen LogP contribution < -0.4 is 0 Å². The molecule has 0 bridgehead atoms. The molecule has 0 aliphatic heterocycles. The van der Waals surface area contributed by atoms with Crippen LogP contribution in [0, 0.1) is 18.3 Å². The number of hydrogen-bond donors (Lipinski definition) is 1. The summed E-state index contributed by atoms with van der Waals surface area (Å²) < 4.78 is 1.79. The molecule has 0 aliphatic carbocycles. The first-order valence-corrected chi connectivity index (χ1v) is 5.77. The van der Waals surface area contributed by atoms with Gasteiger partial charge in [-0.05, 0) is 5.92 Å². The summed E-state index contributed by atoms with van der Waals surface area (Å²) in [6.07, 6.45) is 6.70. The number of nitrogens with zero attached hydrogens (tertiary/aromatic N) is 4. The van der Waals surface area contributed by atoms with Gasteiger partial charge in [0, 0.05) is 6.54 Å². The van der Waals surface area contributed by atoms with Gasteiger partial charge in [-0.1, -0.05) is 19.8 Å². The third-order valence-corrected chi connectivity index (χ3v) is 2.27. The molecule has 0 amide bonds. The zero-order valence-corrected chi connectivity index (χ0v) is 10.7. The lowest BCUT2D eigenvalue weighted by Gasteiger charge is -2.17. The van der Waals surface area contributed by atoms with E-state index in [9.17, 15) is 4.79 Å². The van der Waals surface area contributed by atoms with Crippen LogP contribution in [0.15, 0.2) is 6.33 Å². The van der Waals surface area contributed by atoms with Crippen molar-refractivity contribution in [3.05, 3.63) is 12.2 Å². The van der Waals surface area contributed by atoms with Crippen LogP contribution in [0.3, 0.4) is 0 Å². The minimum Gasteiger partial charge on any atom is -0.480 e. The lowest BCUT2D eigenvalue weighted by molar-refractivity contribution is -0.138. The summed E-state index contributed by atoms with van der Waals surface area (Å²) in [7, 11) is 0. The molecule has 0 atom stereocenters. The molecule has 1 rings (SSSR count). The van der Waals surface area contributed by atoms with E-state index < -0.39 is 5.97 Å². The number of rotatable bonds is 7. The van der Waals surface area contributed by atoms with Gasteiger partial charge >= 0.3 is 5.97 Å². The number of carboxylic acid groups (broad SMARTS) is 1. The molecule has 6 nitrogen and oxygen atoms in total. The van der Waals surface area contributed by atoms with Crippen molar-refractivity contribution in [2.24, 2.45) is 5.92 Å². The molecule has 98 valence electrons. The van der Waals surface area contributed by atoms with Crippen molar-refractivity contribution < 1.29 is 9.90 Å². The number of aliphatic carboxylic acids is 1. The van der Waals surface area contributed by atoms with Crippen molar-refractivity contribution in [1.82, 2.24) is 19.7 Å². The summed E-state index contributed by atoms with van der Waals surface area (Å²) in [6.45, 7) is 5.50. The van der Waals surface area contributed by atoms with Gasteiger partial charge < -0.3 is 5.11 Å². The maximum absolute atomic E-state index is 10.7. The van der Waals surface area contributed by atoms with Crippen LogP contribution in [0.25, 0.3) is 0 Å². The van der Waals surface area contributed by atoms with Crippen molar-refractivity contribution in [3.63, 3.8) is 0 Å². The minimum atomic E-state index is -0.903. The second-order valence-corrected chi connectivity index (χ2v) is 4.50. The van der Waals surface area contributed by atoms with E-state index >= 15 is 0 Å². The summed E-state index contributed by atoms with van der Waals surface area (Å²) in [4.78, 5) is 16.5. The van der Waals surface area contributed by atoms with Gasteiger partial charge in [-0.25, -0.2) is 9.67 Å². The van der Waals surface area contributed by atoms with Crippen molar-refractivity contribution in [2.45, 2.75) is 26.9 Å². The summed E-state index contributed by atoms with van der Waals surface area (Å²) in [6, 6.07) is 0. The van der Waals surface area contributed by atoms with E-state index in [0.717, 1.165) is 12.4 Å². The number of hydrogen-bond acceptors (Lipinski definition) is 4. The van der Waals surface area contributed by atoms with E-state index in [1.807, 2.05) is 0 Å². The van der Waals surface area contributed by atoms with Crippen LogP contribution in [0.4, 0.5) is 0 Å². The highest BCUT2D eigenvalue weighted by molar-refractivity contribution is 5.69. The Morgan fingerprint density at radius 2 is 2.39 bits per heavy atom. The number of terminal acetylenes is 1. The molecule has 1 aromatic heterocycles. The minimum absolute atomic E-state index is 0.0985. The maximum atomic E-state index is 10.7. The Bertz CT molecular complexity index is 434. The molecule has 1 heterocycles. The van der Waals surface area contributed by atoms with Gasteiger partial charge in [0.2, 0.25) is 0 Å². The van der Waals surface area contributed by atoms with Crippen molar-refractivity contribution in [2.75, 3.05) is 13.1 Å². The fourth-order valence-corrected chi connectivity index (χ4v) is 1.60. The van der Waals surface area contributed by atoms with Crippen LogP contribution >= 0.6 is 0 Å². The predicted octanol–water partition coefficient (Wildman–Crippen LogP) is 0.454. The molecule has 0 fully saturated rings. The molecular formula is C12H18N4O2. The first-order valence-electron chi connectivity index (χ1n) is 5.77. The van der Waals surface area contributed by atoms with Gasteiger partial charge in [-0.2, -0.15) is 5.10 Å². The molecule has 0 aliphatic rings. The molecule has 18 heavy (non-hydrogen) atoms. The quantitative estimate of drug-likeness (QED) is 0.712. The first kappa shape index (κ1) is 14.2. The van der Waals surface area contributed by atoms with Crippen molar-refractivity contribution in [1.29, 1.82) is 0 Å². The normalized spacial score (nSPS) is 10.8. The van der Waals surface area contributed by atoms with Gasteiger partial charge in [0.25, 0.3) is 0 Å². The lowest BCUT2D eigenvalue weighted by atomic mass is 10.2. The van der Waals surface area contributed by atoms with Gasteiger partial charge in [-0.15, -0.1) is 6.42 Å². The van der Waals surface area contributed by atoms with Crippen LogP contribution in [0.1, 0.15) is 19.7 Å². The highest BCUT2D eigenvalue weighted by Gasteiger charge is 2.13. The van der Waals surface area contributed by atoms with Gasteiger partial charge in [0.1, 0.15) is 12.2 Å². The molecule has 0 saturated heterocycles. The van der Waals surface area contributed by atoms with Crippen LogP contribution in [-0.4, -0.2) is 43.8 Å². The Hall–Kier alpha value is -1.87. The molecule has 0 radical (unpaired) electrons. The van der Waals surface area contributed by atoms with Crippen molar-refractivity contribution in [3.8, 4) is 12.3 Å². The second-order valence-electron chi connectivity index (χ2n) is 4.50. The third-order valence-electron chi connectivity index (χ3n) is 2.27. The maximum Gasteiger partial charge on any atom is 0.317 e. The lowest BCUT2D eigenvalue weighted by Crippen LogP contribution is -2.31. The monoisotopic (exact) mass is 250 g/mol. The highest BCUT2D eigenvalue weighted by Crippen LogP contribution is 2.04. The number of carbonyl (C=O) groups is 1. The Labute approximate surface area is 107 Å². The summed E-state index contributed by atoms with van der Waals surface area (Å²) in [5.41, 5.74) is 0. The van der Waals surface area contributed by atoms with Crippen LogP contribution in [0.5, 0.6) is 0 Å². The van der Waals surface area contributed by atoms with Gasteiger partial charge in [0.05, 0.1) is 19.6 Å². The SMILES string of the molecule is C#CCN(CC(=O)O)Cc1ncnn1CC(C)C.